The molecule has 11 rings (SSSR count). The molecule has 52 heavy (non-hydrogen) atoms. The molecule has 0 aliphatic heterocycles. The lowest BCUT2D eigenvalue weighted by atomic mass is 9.68. The summed E-state index contributed by atoms with van der Waals surface area (Å²) in [7, 11) is 0. The highest BCUT2D eigenvalue weighted by molar-refractivity contribution is 7.26. The van der Waals surface area contributed by atoms with E-state index in [1.807, 2.05) is 29.5 Å². The molecule has 0 atom stereocenters. The third kappa shape index (κ3) is 4.78. The van der Waals surface area contributed by atoms with Gasteiger partial charge in [0, 0.05) is 38.0 Å². The monoisotopic (exact) mass is 683 g/mol. The highest BCUT2D eigenvalue weighted by atomic mass is 32.1. The van der Waals surface area contributed by atoms with Crippen molar-refractivity contribution in [2.75, 3.05) is 5.32 Å². The first kappa shape index (κ1) is 30.4. The molecule has 2 heterocycles. The molecule has 1 aliphatic rings. The number of para-hydroxylation sites is 1. The van der Waals surface area contributed by atoms with Crippen LogP contribution >= 0.6 is 11.3 Å². The van der Waals surface area contributed by atoms with Gasteiger partial charge in [-0.05, 0) is 63.7 Å². The molecule has 0 radical (unpaired) electrons. The quantitative estimate of drug-likeness (QED) is 0.200. The molecule has 10 aromatic rings. The lowest BCUT2D eigenvalue weighted by Crippen LogP contribution is -2.28. The van der Waals surface area contributed by atoms with Gasteiger partial charge in [0.25, 0.3) is 0 Å². The Hall–Kier alpha value is -6.42. The van der Waals surface area contributed by atoms with Crippen molar-refractivity contribution in [1.29, 1.82) is 0 Å². The molecule has 0 unspecified atom stereocenters. The van der Waals surface area contributed by atoms with Gasteiger partial charge in [0.2, 0.25) is 0 Å². The minimum absolute atomic E-state index is 0.254. The van der Waals surface area contributed by atoms with E-state index in [9.17, 15) is 0 Å². The van der Waals surface area contributed by atoms with Crippen molar-refractivity contribution in [3.63, 3.8) is 0 Å². The van der Waals surface area contributed by atoms with E-state index in [2.05, 4.69) is 181 Å². The van der Waals surface area contributed by atoms with Crippen LogP contribution in [0.4, 0.5) is 11.4 Å². The summed E-state index contributed by atoms with van der Waals surface area (Å²) in [6.45, 7) is 0. The molecule has 0 saturated carbocycles. The highest BCUT2D eigenvalue weighted by Crippen LogP contribution is 2.55. The van der Waals surface area contributed by atoms with Crippen molar-refractivity contribution in [3.05, 3.63) is 216 Å². The smallest absolute Gasteiger partial charge is 0.137 e. The van der Waals surface area contributed by atoms with Crippen LogP contribution < -0.4 is 5.32 Å². The van der Waals surface area contributed by atoms with Gasteiger partial charge >= 0.3 is 0 Å². The van der Waals surface area contributed by atoms with Crippen LogP contribution in [-0.2, 0) is 5.41 Å². The first-order valence-corrected chi connectivity index (χ1v) is 18.5. The van der Waals surface area contributed by atoms with E-state index in [0.29, 0.717) is 0 Å². The fraction of sp³-hybridized carbons (Fsp3) is 0.0204. The summed E-state index contributed by atoms with van der Waals surface area (Å²) < 4.78 is 8.62. The van der Waals surface area contributed by atoms with Crippen molar-refractivity contribution < 1.29 is 4.42 Å². The zero-order valence-electron chi connectivity index (χ0n) is 28.3. The lowest BCUT2D eigenvalue weighted by Gasteiger charge is -2.33. The van der Waals surface area contributed by atoms with Gasteiger partial charge in [-0.2, -0.15) is 0 Å². The summed E-state index contributed by atoms with van der Waals surface area (Å²) in [4.78, 5) is 0. The maximum absolute atomic E-state index is 6.03. The van der Waals surface area contributed by atoms with Gasteiger partial charge in [-0.25, -0.2) is 0 Å². The van der Waals surface area contributed by atoms with Crippen LogP contribution in [-0.4, -0.2) is 0 Å². The number of nitrogens with one attached hydrogen (secondary N) is 1. The number of benzene rings is 8. The van der Waals surface area contributed by atoms with Crippen LogP contribution in [0.15, 0.2) is 199 Å². The van der Waals surface area contributed by atoms with E-state index < -0.39 is 0 Å². The third-order valence-electron chi connectivity index (χ3n) is 10.4. The van der Waals surface area contributed by atoms with Crippen molar-refractivity contribution in [1.82, 2.24) is 0 Å². The standard InChI is InChI=1S/C25H18.C24H15NOS/c1-3-11-19(12-4-1)25(20-13-5-2-6-14-20)23-17-9-7-15-21(23)22-16-8-10-18-24(22)25;1-3-10-21-16(6-1)17-13-12-15(14-22(17)26-21)25-20-9-5-8-19-18-7-2-4-11-23(18)27-24(19)20/h1-18H;1-14,25H. The van der Waals surface area contributed by atoms with Crippen LogP contribution in [0.1, 0.15) is 22.3 Å². The van der Waals surface area contributed by atoms with Crippen LogP contribution in [0.2, 0.25) is 0 Å². The molecule has 0 spiro atoms. The number of hydrogen-bond donors (Lipinski definition) is 1. The van der Waals surface area contributed by atoms with E-state index in [-0.39, 0.29) is 5.41 Å². The normalized spacial score (nSPS) is 12.8. The molecule has 0 saturated heterocycles. The van der Waals surface area contributed by atoms with Gasteiger partial charge in [-0.15, -0.1) is 11.3 Å². The molecular weight excluding hydrogens is 651 g/mol. The van der Waals surface area contributed by atoms with Crippen LogP contribution in [0.5, 0.6) is 0 Å². The van der Waals surface area contributed by atoms with Gasteiger partial charge < -0.3 is 9.73 Å². The second-order valence-corrected chi connectivity index (χ2v) is 14.3. The number of rotatable bonds is 4. The Kier molecular flexibility index (Phi) is 7.26. The molecule has 3 heteroatoms. The minimum atomic E-state index is -0.254. The number of anilines is 2. The molecule has 8 aromatic carbocycles. The van der Waals surface area contributed by atoms with E-state index >= 15 is 0 Å². The highest BCUT2D eigenvalue weighted by Gasteiger charge is 2.45. The Balaban J connectivity index is 0.000000131. The van der Waals surface area contributed by atoms with Crippen LogP contribution in [0.25, 0.3) is 53.2 Å². The summed E-state index contributed by atoms with van der Waals surface area (Å²) in [5.41, 5.74) is 11.8. The van der Waals surface area contributed by atoms with Crippen molar-refractivity contribution in [3.8, 4) is 11.1 Å². The van der Waals surface area contributed by atoms with Crippen molar-refractivity contribution >= 4 is 64.8 Å². The summed E-state index contributed by atoms with van der Waals surface area (Å²) in [5, 5.41) is 8.51. The van der Waals surface area contributed by atoms with Crippen LogP contribution in [0, 0.1) is 0 Å². The van der Waals surface area contributed by atoms with Gasteiger partial charge in [0.1, 0.15) is 11.2 Å². The molecule has 246 valence electrons. The third-order valence-corrected chi connectivity index (χ3v) is 11.6. The number of furan rings is 1. The predicted octanol–water partition coefficient (Wildman–Crippen LogP) is 13.7. The lowest BCUT2D eigenvalue weighted by molar-refractivity contribution is 0.669. The zero-order chi connectivity index (χ0) is 34.5. The Morgan fingerprint density at radius 1 is 0.423 bits per heavy atom. The van der Waals surface area contributed by atoms with Gasteiger partial charge in [-0.3, -0.25) is 0 Å². The van der Waals surface area contributed by atoms with E-state index in [1.54, 1.807) is 0 Å². The fourth-order valence-electron chi connectivity index (χ4n) is 8.20. The molecule has 1 aliphatic carbocycles. The molecule has 2 aromatic heterocycles. The van der Waals surface area contributed by atoms with Gasteiger partial charge in [0.15, 0.2) is 0 Å². The van der Waals surface area contributed by atoms with Crippen LogP contribution in [0.3, 0.4) is 0 Å². The number of hydrogen-bond acceptors (Lipinski definition) is 3. The average Bonchev–Trinajstić information content (AvgIpc) is 3.88. The average molecular weight is 684 g/mol. The van der Waals surface area contributed by atoms with E-state index in [4.69, 9.17) is 4.42 Å². The first-order chi connectivity index (χ1) is 25.8. The summed E-state index contributed by atoms with van der Waals surface area (Å²) in [5.74, 6) is 0. The molecular formula is C49H33NOS. The second kappa shape index (κ2) is 12.4. The number of fused-ring (bicyclic) bond motifs is 9. The molecule has 0 bridgehead atoms. The summed E-state index contributed by atoms with van der Waals surface area (Å²) in [6, 6.07) is 69.0. The number of thiophene rings is 1. The second-order valence-electron chi connectivity index (χ2n) is 13.3. The van der Waals surface area contributed by atoms with E-state index in [0.717, 1.165) is 33.3 Å². The maximum Gasteiger partial charge on any atom is 0.137 e. The Morgan fingerprint density at radius 2 is 0.981 bits per heavy atom. The Labute approximate surface area is 306 Å². The first-order valence-electron chi connectivity index (χ1n) is 17.7. The van der Waals surface area contributed by atoms with Gasteiger partial charge in [-0.1, -0.05) is 158 Å². The van der Waals surface area contributed by atoms with Gasteiger partial charge in [0.05, 0.1) is 15.8 Å². The largest absolute Gasteiger partial charge is 0.456 e. The SMILES string of the molecule is c1ccc(C2(c3ccccc3)c3ccccc3-c3ccccc32)cc1.c1ccc2c(c1)oc1cc(Nc3cccc4c3sc3ccccc34)ccc12. The zero-order valence-corrected chi connectivity index (χ0v) is 29.1. The predicted molar refractivity (Wildman–Crippen MR) is 220 cm³/mol. The summed E-state index contributed by atoms with van der Waals surface area (Å²) in [6.07, 6.45) is 0. The van der Waals surface area contributed by atoms with E-state index in [1.165, 1.54) is 53.6 Å². The minimum Gasteiger partial charge on any atom is -0.456 e. The van der Waals surface area contributed by atoms with Crippen molar-refractivity contribution in [2.45, 2.75) is 5.41 Å². The molecule has 2 nitrogen and oxygen atoms in total. The Morgan fingerprint density at radius 3 is 1.69 bits per heavy atom. The topological polar surface area (TPSA) is 25.2 Å². The summed E-state index contributed by atoms with van der Waals surface area (Å²) >= 11 is 1.83. The molecule has 0 fully saturated rings. The molecule has 0 amide bonds. The fourth-order valence-corrected chi connectivity index (χ4v) is 9.38. The van der Waals surface area contributed by atoms with Crippen molar-refractivity contribution in [2.24, 2.45) is 0 Å². The maximum atomic E-state index is 6.03. The molecule has 1 N–H and O–H groups in total. The Bertz CT molecular complexity index is 2800.